The van der Waals surface area contributed by atoms with E-state index in [4.69, 9.17) is 9.47 Å². The van der Waals surface area contributed by atoms with Crippen molar-refractivity contribution in [2.45, 2.75) is 46.1 Å². The van der Waals surface area contributed by atoms with E-state index in [1.54, 1.807) is 6.20 Å². The maximum absolute atomic E-state index is 12.1. The minimum Gasteiger partial charge on any atom is -0.444 e. The fourth-order valence-electron chi connectivity index (χ4n) is 2.78. The number of alkyl carbamates (subject to hydrolysis) is 1. The molecule has 8 nitrogen and oxygen atoms in total. The van der Waals surface area contributed by atoms with Gasteiger partial charge in [0.1, 0.15) is 12.2 Å². The highest BCUT2D eigenvalue weighted by Crippen LogP contribution is 2.29. The number of unbranched alkanes of at least 4 members (excludes halogenated alkanes) is 1. The summed E-state index contributed by atoms with van der Waals surface area (Å²) in [6.07, 6.45) is 2.87. The topological polar surface area (TPSA) is 102 Å². The molecule has 0 saturated carbocycles. The molecule has 1 aromatic heterocycles. The second kappa shape index (κ2) is 11.3. The molecule has 2 aromatic rings. The number of rotatable bonds is 10. The van der Waals surface area contributed by atoms with Gasteiger partial charge in [-0.05, 0) is 46.6 Å². The Kier molecular flexibility index (Phi) is 8.86. The first kappa shape index (κ1) is 23.4. The standard InChI is InChI=1S/C22H32N4O4/c1-5-29-15-19(27)26-18-14-25-17-11-7-6-10-16(17)20(18)23-12-8-9-13-24-21(28)30-22(2,3)4/h6-7,10-11,14H,5,8-9,12-13,15H2,1-4H3,(H,23,25)(H,24,28)(H,26,27). The molecule has 0 bridgehead atoms. The average molecular weight is 417 g/mol. The van der Waals surface area contributed by atoms with Crippen LogP contribution in [-0.2, 0) is 14.3 Å². The highest BCUT2D eigenvalue weighted by Gasteiger charge is 2.15. The number of pyridine rings is 1. The minimum atomic E-state index is -0.503. The molecule has 0 unspecified atom stereocenters. The monoisotopic (exact) mass is 416 g/mol. The van der Waals surface area contributed by atoms with Gasteiger partial charge >= 0.3 is 6.09 Å². The van der Waals surface area contributed by atoms with Crippen molar-refractivity contribution >= 4 is 34.3 Å². The number of benzene rings is 1. The van der Waals surface area contributed by atoms with E-state index in [1.165, 1.54) is 0 Å². The molecule has 0 spiro atoms. The van der Waals surface area contributed by atoms with E-state index >= 15 is 0 Å². The number of nitrogens with zero attached hydrogens (tertiary/aromatic N) is 1. The van der Waals surface area contributed by atoms with Gasteiger partial charge in [0, 0.05) is 25.1 Å². The van der Waals surface area contributed by atoms with Crippen LogP contribution in [0.2, 0.25) is 0 Å². The minimum absolute atomic E-state index is 0.000891. The Balaban J connectivity index is 1.92. The number of amides is 2. The highest BCUT2D eigenvalue weighted by atomic mass is 16.6. The smallest absolute Gasteiger partial charge is 0.407 e. The summed E-state index contributed by atoms with van der Waals surface area (Å²) in [5, 5.41) is 9.95. The number of para-hydroxylation sites is 1. The van der Waals surface area contributed by atoms with Gasteiger partial charge in [0.15, 0.2) is 0 Å². The zero-order chi connectivity index (χ0) is 22.0. The molecule has 164 valence electrons. The van der Waals surface area contributed by atoms with Gasteiger partial charge < -0.3 is 25.4 Å². The van der Waals surface area contributed by atoms with Crippen LogP contribution in [0.15, 0.2) is 30.5 Å². The molecule has 0 atom stereocenters. The second-order valence-electron chi connectivity index (χ2n) is 7.81. The van der Waals surface area contributed by atoms with E-state index in [0.717, 1.165) is 29.4 Å². The Labute approximate surface area is 177 Å². The summed E-state index contributed by atoms with van der Waals surface area (Å²) in [5.41, 5.74) is 1.78. The number of nitrogens with one attached hydrogen (secondary N) is 3. The number of carbonyl (C=O) groups excluding carboxylic acids is 2. The lowest BCUT2D eigenvalue weighted by Gasteiger charge is -2.19. The van der Waals surface area contributed by atoms with Gasteiger partial charge in [-0.3, -0.25) is 9.78 Å². The van der Waals surface area contributed by atoms with E-state index in [1.807, 2.05) is 52.0 Å². The molecular formula is C22H32N4O4. The number of aromatic nitrogens is 1. The van der Waals surface area contributed by atoms with Crippen LogP contribution in [0, 0.1) is 0 Å². The van der Waals surface area contributed by atoms with Crippen molar-refractivity contribution < 1.29 is 19.1 Å². The summed E-state index contributed by atoms with van der Waals surface area (Å²) >= 11 is 0. The lowest BCUT2D eigenvalue weighted by Crippen LogP contribution is -2.33. The number of ether oxygens (including phenoxy) is 2. The molecule has 0 fully saturated rings. The van der Waals surface area contributed by atoms with Crippen LogP contribution in [0.1, 0.15) is 40.5 Å². The van der Waals surface area contributed by atoms with Crippen LogP contribution >= 0.6 is 0 Å². The van der Waals surface area contributed by atoms with Gasteiger partial charge in [-0.25, -0.2) is 4.79 Å². The van der Waals surface area contributed by atoms with E-state index < -0.39 is 11.7 Å². The largest absolute Gasteiger partial charge is 0.444 e. The van der Waals surface area contributed by atoms with Crippen molar-refractivity contribution in [1.29, 1.82) is 0 Å². The molecule has 0 saturated heterocycles. The maximum atomic E-state index is 12.1. The lowest BCUT2D eigenvalue weighted by atomic mass is 10.1. The summed E-state index contributed by atoms with van der Waals surface area (Å²) in [7, 11) is 0. The Bertz CT molecular complexity index is 849. The normalized spacial score (nSPS) is 11.2. The molecule has 0 aliphatic carbocycles. The van der Waals surface area contributed by atoms with Crippen LogP contribution in [0.25, 0.3) is 10.9 Å². The number of hydrogen-bond acceptors (Lipinski definition) is 6. The first-order valence-corrected chi connectivity index (χ1v) is 10.3. The summed E-state index contributed by atoms with van der Waals surface area (Å²) in [4.78, 5) is 28.2. The Morgan fingerprint density at radius 1 is 1.10 bits per heavy atom. The molecule has 3 N–H and O–H groups in total. The van der Waals surface area contributed by atoms with Gasteiger partial charge in [0.05, 0.1) is 23.1 Å². The van der Waals surface area contributed by atoms with Crippen LogP contribution in [0.4, 0.5) is 16.2 Å². The number of fused-ring (bicyclic) bond motifs is 1. The molecular weight excluding hydrogens is 384 g/mol. The molecule has 0 radical (unpaired) electrons. The molecule has 2 amide bonds. The van der Waals surface area contributed by atoms with Crippen molar-refractivity contribution in [1.82, 2.24) is 10.3 Å². The van der Waals surface area contributed by atoms with Gasteiger partial charge in [-0.2, -0.15) is 0 Å². The van der Waals surface area contributed by atoms with Gasteiger partial charge in [-0.1, -0.05) is 18.2 Å². The van der Waals surface area contributed by atoms with Crippen molar-refractivity contribution in [2.24, 2.45) is 0 Å². The zero-order valence-electron chi connectivity index (χ0n) is 18.2. The fourth-order valence-corrected chi connectivity index (χ4v) is 2.78. The summed E-state index contributed by atoms with van der Waals surface area (Å²) < 4.78 is 10.4. The van der Waals surface area contributed by atoms with E-state index in [-0.39, 0.29) is 12.5 Å². The second-order valence-corrected chi connectivity index (χ2v) is 7.81. The molecule has 30 heavy (non-hydrogen) atoms. The maximum Gasteiger partial charge on any atom is 0.407 e. The van der Waals surface area contributed by atoms with Crippen LogP contribution in [-0.4, -0.2) is 48.9 Å². The van der Waals surface area contributed by atoms with Crippen LogP contribution < -0.4 is 16.0 Å². The Morgan fingerprint density at radius 3 is 2.57 bits per heavy atom. The summed E-state index contributed by atoms with van der Waals surface area (Å²) in [5.74, 6) is -0.224. The predicted molar refractivity (Wildman–Crippen MR) is 119 cm³/mol. The summed E-state index contributed by atoms with van der Waals surface area (Å²) in [6, 6.07) is 7.75. The van der Waals surface area contributed by atoms with Crippen LogP contribution in [0.3, 0.4) is 0 Å². The third kappa shape index (κ3) is 7.87. The molecule has 2 rings (SSSR count). The van der Waals surface area contributed by atoms with Gasteiger partial charge in [0.2, 0.25) is 5.91 Å². The first-order valence-electron chi connectivity index (χ1n) is 10.3. The van der Waals surface area contributed by atoms with Gasteiger partial charge in [-0.15, -0.1) is 0 Å². The fraction of sp³-hybridized carbons (Fsp3) is 0.500. The van der Waals surface area contributed by atoms with Gasteiger partial charge in [0.25, 0.3) is 0 Å². The molecule has 1 aromatic carbocycles. The summed E-state index contributed by atoms with van der Waals surface area (Å²) in [6.45, 7) is 9.03. The molecule has 8 heteroatoms. The quantitative estimate of drug-likeness (QED) is 0.507. The van der Waals surface area contributed by atoms with Crippen molar-refractivity contribution in [2.75, 3.05) is 36.9 Å². The zero-order valence-corrected chi connectivity index (χ0v) is 18.2. The van der Waals surface area contributed by atoms with Crippen molar-refractivity contribution in [3.8, 4) is 0 Å². The first-order chi connectivity index (χ1) is 14.3. The van der Waals surface area contributed by atoms with Crippen LogP contribution in [0.5, 0.6) is 0 Å². The Hall–Kier alpha value is -2.87. The van der Waals surface area contributed by atoms with E-state index in [2.05, 4.69) is 20.9 Å². The van der Waals surface area contributed by atoms with E-state index in [9.17, 15) is 9.59 Å². The number of carbonyl (C=O) groups is 2. The number of hydrogen-bond donors (Lipinski definition) is 3. The molecule has 0 aliphatic rings. The lowest BCUT2D eigenvalue weighted by molar-refractivity contribution is -0.120. The van der Waals surface area contributed by atoms with Crippen molar-refractivity contribution in [3.63, 3.8) is 0 Å². The third-order valence-corrected chi connectivity index (χ3v) is 4.06. The predicted octanol–water partition coefficient (Wildman–Crippen LogP) is 3.93. The Morgan fingerprint density at radius 2 is 1.83 bits per heavy atom. The average Bonchev–Trinajstić information content (AvgIpc) is 2.68. The molecule has 1 heterocycles. The SMILES string of the molecule is CCOCC(=O)Nc1cnc2ccccc2c1NCCCCNC(=O)OC(C)(C)C. The highest BCUT2D eigenvalue weighted by molar-refractivity contribution is 6.03. The molecule has 0 aliphatic heterocycles. The van der Waals surface area contributed by atoms with E-state index in [0.29, 0.717) is 25.4 Å². The van der Waals surface area contributed by atoms with Crippen molar-refractivity contribution in [3.05, 3.63) is 30.5 Å². The number of anilines is 2. The third-order valence-electron chi connectivity index (χ3n) is 4.06.